The summed E-state index contributed by atoms with van der Waals surface area (Å²) in [6, 6.07) is 15.7. The summed E-state index contributed by atoms with van der Waals surface area (Å²) < 4.78 is 10.8. The molecule has 3 aromatic rings. The molecule has 0 saturated carbocycles. The van der Waals surface area contributed by atoms with E-state index in [0.717, 1.165) is 38.3 Å². The summed E-state index contributed by atoms with van der Waals surface area (Å²) in [5.74, 6) is 1.000. The van der Waals surface area contributed by atoms with Gasteiger partial charge in [-0.25, -0.2) is 9.13 Å². The van der Waals surface area contributed by atoms with Gasteiger partial charge >= 0.3 is 0 Å². The Bertz CT molecular complexity index is 1050. The van der Waals surface area contributed by atoms with Crippen LogP contribution in [0.5, 0.6) is 5.75 Å². The molecule has 0 N–H and O–H groups in total. The average molecular weight is 503 g/mol. The van der Waals surface area contributed by atoms with E-state index in [1.165, 1.54) is 47.9 Å². The van der Waals surface area contributed by atoms with E-state index < -0.39 is 0 Å². The molecule has 0 atom stereocenters. The van der Waals surface area contributed by atoms with Crippen molar-refractivity contribution in [2.45, 2.75) is 111 Å². The SMILES string of the molecule is CCCCCC[n+]1ccc(-c2cc[n+](CCCCOc3cc(C(C)(C)C)cc(C(C)(C)C)c3)cc2)cc1. The van der Waals surface area contributed by atoms with Gasteiger partial charge in [-0.3, -0.25) is 0 Å². The largest absolute Gasteiger partial charge is 0.494 e. The van der Waals surface area contributed by atoms with E-state index in [2.05, 4.69) is 125 Å². The fourth-order valence-corrected chi connectivity index (χ4v) is 4.45. The minimum absolute atomic E-state index is 0.108. The summed E-state index contributed by atoms with van der Waals surface area (Å²) in [4.78, 5) is 0. The standard InChI is InChI=1S/C34H50N2O/c1-8-9-10-11-18-35-20-14-28(15-21-35)29-16-22-36(23-17-29)19-12-13-24-37-32-26-30(33(2,3)4)25-31(27-32)34(5,6)7/h14-17,20-23,25-27H,8-13,18-19,24H2,1-7H3/q+2. The number of ether oxygens (including phenoxy) is 1. The second-order valence-corrected chi connectivity index (χ2v) is 12.5. The highest BCUT2D eigenvalue weighted by Gasteiger charge is 2.21. The van der Waals surface area contributed by atoms with Gasteiger partial charge in [-0.15, -0.1) is 0 Å². The first-order valence-electron chi connectivity index (χ1n) is 14.3. The molecule has 0 spiro atoms. The first-order chi connectivity index (χ1) is 17.6. The van der Waals surface area contributed by atoms with Crippen LogP contribution in [-0.2, 0) is 23.9 Å². The second kappa shape index (κ2) is 13.2. The van der Waals surface area contributed by atoms with E-state index in [1.807, 2.05) is 0 Å². The molecule has 2 heterocycles. The number of aryl methyl sites for hydroxylation is 2. The zero-order chi connectivity index (χ0) is 26.9. The first kappa shape index (κ1) is 28.9. The minimum Gasteiger partial charge on any atom is -0.494 e. The van der Waals surface area contributed by atoms with Crippen molar-refractivity contribution in [3.05, 3.63) is 78.4 Å². The van der Waals surface area contributed by atoms with Crippen molar-refractivity contribution in [1.82, 2.24) is 0 Å². The van der Waals surface area contributed by atoms with Crippen molar-refractivity contribution < 1.29 is 13.9 Å². The summed E-state index contributed by atoms with van der Waals surface area (Å²) in [7, 11) is 0. The van der Waals surface area contributed by atoms with Crippen LogP contribution < -0.4 is 13.9 Å². The molecule has 1 aromatic carbocycles. The van der Waals surface area contributed by atoms with Crippen molar-refractivity contribution >= 4 is 0 Å². The summed E-state index contributed by atoms with van der Waals surface area (Å²) in [5.41, 5.74) is 5.44. The topological polar surface area (TPSA) is 17.0 Å². The monoisotopic (exact) mass is 502 g/mol. The fourth-order valence-electron chi connectivity index (χ4n) is 4.45. The molecule has 0 amide bonds. The van der Waals surface area contributed by atoms with Crippen LogP contribution in [0.25, 0.3) is 11.1 Å². The maximum absolute atomic E-state index is 6.23. The molecular formula is C34H50N2O+2. The summed E-state index contributed by atoms with van der Waals surface area (Å²) in [6.45, 7) is 18.7. The Balaban J connectivity index is 1.47. The third-order valence-corrected chi connectivity index (χ3v) is 7.10. The summed E-state index contributed by atoms with van der Waals surface area (Å²) >= 11 is 0. The van der Waals surface area contributed by atoms with Crippen LogP contribution in [0.3, 0.4) is 0 Å². The third-order valence-electron chi connectivity index (χ3n) is 7.10. The Morgan fingerprint density at radius 3 is 1.49 bits per heavy atom. The van der Waals surface area contributed by atoms with E-state index >= 15 is 0 Å². The number of hydrogen-bond donors (Lipinski definition) is 0. The molecule has 3 rings (SSSR count). The van der Waals surface area contributed by atoms with Crippen molar-refractivity contribution in [3.63, 3.8) is 0 Å². The van der Waals surface area contributed by atoms with Gasteiger partial charge in [0, 0.05) is 37.1 Å². The molecule has 2 aromatic heterocycles. The van der Waals surface area contributed by atoms with Crippen LogP contribution in [0.15, 0.2) is 67.3 Å². The predicted octanol–water partition coefficient (Wildman–Crippen LogP) is 7.96. The number of unbranched alkanes of at least 4 members (excludes halogenated alkanes) is 4. The molecule has 0 radical (unpaired) electrons. The van der Waals surface area contributed by atoms with Gasteiger partial charge in [-0.2, -0.15) is 0 Å². The first-order valence-corrected chi connectivity index (χ1v) is 14.3. The number of hydrogen-bond acceptors (Lipinski definition) is 1. The van der Waals surface area contributed by atoms with Gasteiger partial charge in [0.05, 0.1) is 6.61 Å². The highest BCUT2D eigenvalue weighted by atomic mass is 16.5. The lowest BCUT2D eigenvalue weighted by atomic mass is 9.80. The summed E-state index contributed by atoms with van der Waals surface area (Å²) in [6.07, 6.45) is 16.2. The molecule has 37 heavy (non-hydrogen) atoms. The number of benzene rings is 1. The maximum atomic E-state index is 6.23. The number of nitrogens with zero attached hydrogens (tertiary/aromatic N) is 2. The van der Waals surface area contributed by atoms with Gasteiger partial charge in [-0.1, -0.05) is 67.4 Å². The van der Waals surface area contributed by atoms with E-state index in [4.69, 9.17) is 4.74 Å². The number of rotatable bonds is 12. The highest BCUT2D eigenvalue weighted by Crippen LogP contribution is 2.33. The van der Waals surface area contributed by atoms with Gasteiger partial charge < -0.3 is 4.74 Å². The highest BCUT2D eigenvalue weighted by molar-refractivity contribution is 5.60. The zero-order valence-electron chi connectivity index (χ0n) is 24.5. The van der Waals surface area contributed by atoms with E-state index in [1.54, 1.807) is 0 Å². The number of pyridine rings is 2. The number of aromatic nitrogens is 2. The Kier molecular flexibility index (Phi) is 10.3. The Labute approximate surface area is 226 Å². The van der Waals surface area contributed by atoms with Gasteiger partial charge in [0.2, 0.25) is 0 Å². The molecule has 200 valence electrons. The lowest BCUT2D eigenvalue weighted by Crippen LogP contribution is -2.33. The van der Waals surface area contributed by atoms with Crippen molar-refractivity contribution in [1.29, 1.82) is 0 Å². The van der Waals surface area contributed by atoms with E-state index in [9.17, 15) is 0 Å². The Morgan fingerprint density at radius 1 is 0.595 bits per heavy atom. The lowest BCUT2D eigenvalue weighted by Gasteiger charge is -2.26. The van der Waals surface area contributed by atoms with Crippen LogP contribution in [0.2, 0.25) is 0 Å². The normalized spacial score (nSPS) is 12.1. The zero-order valence-corrected chi connectivity index (χ0v) is 24.5. The molecule has 0 aliphatic carbocycles. The molecule has 0 aliphatic rings. The summed E-state index contributed by atoms with van der Waals surface area (Å²) in [5, 5.41) is 0. The van der Waals surface area contributed by atoms with E-state index in [0.29, 0.717) is 0 Å². The van der Waals surface area contributed by atoms with Crippen molar-refractivity contribution in [2.24, 2.45) is 0 Å². The molecule has 0 unspecified atom stereocenters. The van der Waals surface area contributed by atoms with Crippen LogP contribution in [0.4, 0.5) is 0 Å². The van der Waals surface area contributed by atoms with Crippen molar-refractivity contribution in [2.75, 3.05) is 6.61 Å². The van der Waals surface area contributed by atoms with Gasteiger partial charge in [0.1, 0.15) is 18.8 Å². The molecule has 3 heteroatoms. The fraction of sp³-hybridized carbons (Fsp3) is 0.529. The van der Waals surface area contributed by atoms with E-state index in [-0.39, 0.29) is 10.8 Å². The van der Waals surface area contributed by atoms with Gasteiger partial charge in [0.15, 0.2) is 24.8 Å². The predicted molar refractivity (Wildman–Crippen MR) is 155 cm³/mol. The Hall–Kier alpha value is -2.68. The molecule has 0 fully saturated rings. The average Bonchev–Trinajstić information content (AvgIpc) is 2.86. The van der Waals surface area contributed by atoms with Gasteiger partial charge in [-0.05, 0) is 58.1 Å². The van der Waals surface area contributed by atoms with Crippen molar-refractivity contribution in [3.8, 4) is 16.9 Å². The Morgan fingerprint density at radius 2 is 1.05 bits per heavy atom. The molecular weight excluding hydrogens is 452 g/mol. The van der Waals surface area contributed by atoms with Gasteiger partial charge in [0.25, 0.3) is 0 Å². The van der Waals surface area contributed by atoms with Crippen LogP contribution in [0.1, 0.15) is 98.1 Å². The smallest absolute Gasteiger partial charge is 0.169 e. The molecule has 0 saturated heterocycles. The molecule has 0 aliphatic heterocycles. The molecule has 3 nitrogen and oxygen atoms in total. The minimum atomic E-state index is 0.108. The third kappa shape index (κ3) is 9.29. The quantitative estimate of drug-likeness (QED) is 0.181. The van der Waals surface area contributed by atoms with Crippen LogP contribution in [-0.4, -0.2) is 6.61 Å². The molecule has 0 bridgehead atoms. The lowest BCUT2D eigenvalue weighted by molar-refractivity contribution is -0.697. The second-order valence-electron chi connectivity index (χ2n) is 12.5. The maximum Gasteiger partial charge on any atom is 0.169 e. The van der Waals surface area contributed by atoms with Crippen LogP contribution in [0, 0.1) is 0 Å². The van der Waals surface area contributed by atoms with Crippen LogP contribution >= 0.6 is 0 Å².